The van der Waals surface area contributed by atoms with E-state index in [9.17, 15) is 22.4 Å². The maximum absolute atomic E-state index is 13.0. The second-order valence-corrected chi connectivity index (χ2v) is 7.75. The van der Waals surface area contributed by atoms with Crippen molar-refractivity contribution in [1.82, 2.24) is 5.32 Å². The fourth-order valence-corrected chi connectivity index (χ4v) is 3.49. The Hall–Kier alpha value is -3.66. The van der Waals surface area contributed by atoms with Crippen molar-refractivity contribution in [2.24, 2.45) is 0 Å². The highest BCUT2D eigenvalue weighted by atomic mass is 32.2. The average Bonchev–Trinajstić information content (AvgIpc) is 3.26. The molecule has 0 saturated carbocycles. The Morgan fingerprint density at radius 2 is 1.80 bits per heavy atom. The summed E-state index contributed by atoms with van der Waals surface area (Å²) in [5.41, 5.74) is 0.119. The predicted molar refractivity (Wildman–Crippen MR) is 104 cm³/mol. The Bertz CT molecular complexity index is 1130. The number of rotatable bonds is 8. The molecule has 30 heavy (non-hydrogen) atoms. The lowest BCUT2D eigenvalue weighted by Gasteiger charge is -2.10. The summed E-state index contributed by atoms with van der Waals surface area (Å²) in [6.07, 6.45) is 1.47. The molecule has 0 atom stereocenters. The van der Waals surface area contributed by atoms with Gasteiger partial charge in [0.05, 0.1) is 23.3 Å². The van der Waals surface area contributed by atoms with Crippen LogP contribution in [-0.4, -0.2) is 26.9 Å². The monoisotopic (exact) mass is 432 g/mol. The zero-order valence-corrected chi connectivity index (χ0v) is 16.3. The standard InChI is InChI=1S/C20H17FN2O6S/c21-15-6-8-16(9-7-15)23-30(26,27)18-5-1-3-14(11-18)20(25)29-13-19(24)22-12-17-4-2-10-28-17/h1-11,23H,12-13H2,(H,22,24). The molecule has 156 valence electrons. The first-order valence-electron chi connectivity index (χ1n) is 8.68. The average molecular weight is 432 g/mol. The third-order valence-corrected chi connectivity index (χ3v) is 5.23. The zero-order valence-electron chi connectivity index (χ0n) is 15.5. The zero-order chi connectivity index (χ0) is 21.6. The quantitative estimate of drug-likeness (QED) is 0.529. The van der Waals surface area contributed by atoms with Crippen LogP contribution in [0.15, 0.2) is 76.2 Å². The Morgan fingerprint density at radius 3 is 2.50 bits per heavy atom. The molecule has 0 radical (unpaired) electrons. The van der Waals surface area contributed by atoms with Gasteiger partial charge in [0.15, 0.2) is 6.61 Å². The van der Waals surface area contributed by atoms with Gasteiger partial charge >= 0.3 is 5.97 Å². The minimum absolute atomic E-state index is 0.0455. The molecule has 1 aromatic heterocycles. The van der Waals surface area contributed by atoms with Crippen molar-refractivity contribution in [2.75, 3.05) is 11.3 Å². The van der Waals surface area contributed by atoms with Crippen molar-refractivity contribution < 1.29 is 31.6 Å². The first kappa shape index (κ1) is 21.1. The van der Waals surface area contributed by atoms with Gasteiger partial charge in [0.2, 0.25) is 0 Å². The van der Waals surface area contributed by atoms with Crippen molar-refractivity contribution in [2.45, 2.75) is 11.4 Å². The van der Waals surface area contributed by atoms with E-state index in [0.717, 1.165) is 18.2 Å². The van der Waals surface area contributed by atoms with E-state index in [1.54, 1.807) is 12.1 Å². The van der Waals surface area contributed by atoms with E-state index in [2.05, 4.69) is 10.0 Å². The molecule has 0 aliphatic rings. The Morgan fingerprint density at radius 1 is 1.03 bits per heavy atom. The SMILES string of the molecule is O=C(COC(=O)c1cccc(S(=O)(=O)Nc2ccc(F)cc2)c1)NCc1ccco1. The van der Waals surface area contributed by atoms with Gasteiger partial charge < -0.3 is 14.5 Å². The number of hydrogen-bond donors (Lipinski definition) is 2. The van der Waals surface area contributed by atoms with Crippen molar-refractivity contribution >= 4 is 27.6 Å². The number of halogens is 1. The Labute approximate surface area is 171 Å². The second kappa shape index (κ2) is 9.23. The number of sulfonamides is 1. The number of furan rings is 1. The highest BCUT2D eigenvalue weighted by molar-refractivity contribution is 7.92. The number of nitrogens with one attached hydrogen (secondary N) is 2. The number of benzene rings is 2. The van der Waals surface area contributed by atoms with Gasteiger partial charge in [-0.1, -0.05) is 6.07 Å². The lowest BCUT2D eigenvalue weighted by atomic mass is 10.2. The summed E-state index contributed by atoms with van der Waals surface area (Å²) in [6, 6.07) is 13.3. The molecule has 0 saturated heterocycles. The molecular weight excluding hydrogens is 415 g/mol. The van der Waals surface area contributed by atoms with E-state index in [0.29, 0.717) is 5.76 Å². The van der Waals surface area contributed by atoms with E-state index in [1.165, 1.54) is 36.6 Å². The van der Waals surface area contributed by atoms with E-state index in [-0.39, 0.29) is 22.7 Å². The van der Waals surface area contributed by atoms with E-state index < -0.39 is 34.3 Å². The number of anilines is 1. The van der Waals surface area contributed by atoms with Gasteiger partial charge in [-0.3, -0.25) is 9.52 Å². The van der Waals surface area contributed by atoms with Crippen molar-refractivity contribution in [1.29, 1.82) is 0 Å². The van der Waals surface area contributed by atoms with E-state index in [4.69, 9.17) is 9.15 Å². The minimum Gasteiger partial charge on any atom is -0.467 e. The highest BCUT2D eigenvalue weighted by Gasteiger charge is 2.18. The molecule has 0 aliphatic heterocycles. The third-order valence-electron chi connectivity index (χ3n) is 3.85. The number of carbonyl (C=O) groups is 2. The number of esters is 1. The molecule has 3 aromatic rings. The van der Waals surface area contributed by atoms with E-state index >= 15 is 0 Å². The normalized spacial score (nSPS) is 11.0. The largest absolute Gasteiger partial charge is 0.467 e. The summed E-state index contributed by atoms with van der Waals surface area (Å²) >= 11 is 0. The molecular formula is C20H17FN2O6S. The van der Waals surface area contributed by atoms with Crippen LogP contribution in [-0.2, 0) is 26.1 Å². The van der Waals surface area contributed by atoms with E-state index in [1.807, 2.05) is 0 Å². The fourth-order valence-electron chi connectivity index (χ4n) is 2.39. The minimum atomic E-state index is -4.02. The van der Waals surface area contributed by atoms with Gasteiger partial charge in [-0.05, 0) is 54.6 Å². The molecule has 1 heterocycles. The predicted octanol–water partition coefficient (Wildman–Crippen LogP) is 2.69. The lowest BCUT2D eigenvalue weighted by Crippen LogP contribution is -2.28. The Balaban J connectivity index is 1.60. The molecule has 0 fully saturated rings. The smallest absolute Gasteiger partial charge is 0.338 e. The fraction of sp³-hybridized carbons (Fsp3) is 0.100. The van der Waals surface area contributed by atoms with Crippen LogP contribution in [0.1, 0.15) is 16.1 Å². The third kappa shape index (κ3) is 5.67. The molecule has 8 nitrogen and oxygen atoms in total. The van der Waals surface area contributed by atoms with Crippen molar-refractivity contribution in [3.05, 3.63) is 84.1 Å². The van der Waals surface area contributed by atoms with Gasteiger partial charge in [0.1, 0.15) is 11.6 Å². The Kier molecular flexibility index (Phi) is 6.48. The maximum atomic E-state index is 13.0. The first-order valence-corrected chi connectivity index (χ1v) is 10.2. The maximum Gasteiger partial charge on any atom is 0.338 e. The summed E-state index contributed by atoms with van der Waals surface area (Å²) in [7, 11) is -4.02. The van der Waals surface area contributed by atoms with Crippen LogP contribution in [0.5, 0.6) is 0 Å². The van der Waals surface area contributed by atoms with Crippen LogP contribution in [0, 0.1) is 5.82 Å². The number of amides is 1. The van der Waals surface area contributed by atoms with Crippen LogP contribution < -0.4 is 10.0 Å². The van der Waals surface area contributed by atoms with Crippen molar-refractivity contribution in [3.8, 4) is 0 Å². The number of hydrogen-bond acceptors (Lipinski definition) is 6. The van der Waals surface area contributed by atoms with Crippen LogP contribution in [0.3, 0.4) is 0 Å². The molecule has 0 aliphatic carbocycles. The molecule has 2 N–H and O–H groups in total. The van der Waals surface area contributed by atoms with Crippen LogP contribution >= 0.6 is 0 Å². The first-order chi connectivity index (χ1) is 14.3. The number of carbonyl (C=O) groups excluding carboxylic acids is 2. The highest BCUT2D eigenvalue weighted by Crippen LogP contribution is 2.18. The summed E-state index contributed by atoms with van der Waals surface area (Å²) in [4.78, 5) is 23.8. The topological polar surface area (TPSA) is 115 Å². The molecule has 0 bridgehead atoms. The van der Waals surface area contributed by atoms with Crippen LogP contribution in [0.25, 0.3) is 0 Å². The number of ether oxygens (including phenoxy) is 1. The second-order valence-electron chi connectivity index (χ2n) is 6.07. The summed E-state index contributed by atoms with van der Waals surface area (Å²) in [5, 5.41) is 2.52. The van der Waals surface area contributed by atoms with Gasteiger partial charge in [-0.25, -0.2) is 17.6 Å². The van der Waals surface area contributed by atoms with Crippen molar-refractivity contribution in [3.63, 3.8) is 0 Å². The molecule has 0 unspecified atom stereocenters. The molecule has 0 spiro atoms. The lowest BCUT2D eigenvalue weighted by molar-refractivity contribution is -0.124. The van der Waals surface area contributed by atoms with Gasteiger partial charge in [0, 0.05) is 5.69 Å². The summed E-state index contributed by atoms with van der Waals surface area (Å²) in [5.74, 6) is -1.36. The molecule has 1 amide bonds. The summed E-state index contributed by atoms with van der Waals surface area (Å²) in [6.45, 7) is -0.392. The van der Waals surface area contributed by atoms with Gasteiger partial charge in [-0.2, -0.15) is 0 Å². The van der Waals surface area contributed by atoms with Gasteiger partial charge in [0.25, 0.3) is 15.9 Å². The van der Waals surface area contributed by atoms with Crippen LogP contribution in [0.4, 0.5) is 10.1 Å². The molecule has 10 heteroatoms. The van der Waals surface area contributed by atoms with Crippen LogP contribution in [0.2, 0.25) is 0 Å². The molecule has 3 rings (SSSR count). The van der Waals surface area contributed by atoms with Gasteiger partial charge in [-0.15, -0.1) is 0 Å². The summed E-state index contributed by atoms with van der Waals surface area (Å²) < 4.78 is 50.2. The molecule has 2 aromatic carbocycles.